The van der Waals surface area contributed by atoms with Crippen LogP contribution in [0.5, 0.6) is 0 Å². The summed E-state index contributed by atoms with van der Waals surface area (Å²) in [7, 11) is 0. The van der Waals surface area contributed by atoms with E-state index in [1.807, 2.05) is 13.1 Å². The molecule has 1 aromatic carbocycles. The summed E-state index contributed by atoms with van der Waals surface area (Å²) in [6.07, 6.45) is 4.42. The van der Waals surface area contributed by atoms with Crippen LogP contribution >= 0.6 is 11.6 Å². The fourth-order valence-corrected chi connectivity index (χ4v) is 2.22. The van der Waals surface area contributed by atoms with Gasteiger partial charge in [0.1, 0.15) is 5.82 Å². The van der Waals surface area contributed by atoms with E-state index in [0.29, 0.717) is 0 Å². The Morgan fingerprint density at radius 3 is 2.75 bits per heavy atom. The number of nitrogens with zero attached hydrogens (tertiary/aromatic N) is 1. The van der Waals surface area contributed by atoms with Crippen molar-refractivity contribution in [2.24, 2.45) is 0 Å². The van der Waals surface area contributed by atoms with Crippen LogP contribution in [0.3, 0.4) is 0 Å². The summed E-state index contributed by atoms with van der Waals surface area (Å²) in [6, 6.07) is 6.30. The van der Waals surface area contributed by atoms with Crippen molar-refractivity contribution in [2.45, 2.75) is 25.7 Å². The van der Waals surface area contributed by atoms with Crippen LogP contribution in [0.1, 0.15) is 30.0 Å². The highest BCUT2D eigenvalue weighted by Crippen LogP contribution is 2.42. The molecule has 2 aromatic rings. The van der Waals surface area contributed by atoms with E-state index in [1.54, 1.807) is 0 Å². The summed E-state index contributed by atoms with van der Waals surface area (Å²) in [5.41, 5.74) is 3.40. The Kier molecular flexibility index (Phi) is 2.25. The third kappa shape index (κ3) is 1.74. The molecule has 0 spiro atoms. The highest BCUT2D eigenvalue weighted by atomic mass is 35.5. The number of rotatable bonds is 2. The Balaban J connectivity index is 2.01. The molecule has 1 fully saturated rings. The van der Waals surface area contributed by atoms with Crippen molar-refractivity contribution in [3.05, 3.63) is 40.7 Å². The summed E-state index contributed by atoms with van der Waals surface area (Å²) in [5, 5.41) is 0.791. The Morgan fingerprint density at radius 1 is 1.38 bits per heavy atom. The van der Waals surface area contributed by atoms with Crippen LogP contribution in [-0.4, -0.2) is 9.97 Å². The van der Waals surface area contributed by atoms with Gasteiger partial charge in [0, 0.05) is 17.5 Å². The molecule has 1 saturated carbocycles. The van der Waals surface area contributed by atoms with Crippen molar-refractivity contribution < 1.29 is 0 Å². The van der Waals surface area contributed by atoms with E-state index in [1.165, 1.54) is 18.4 Å². The molecule has 1 aliphatic carbocycles. The first-order valence-electron chi connectivity index (χ1n) is 5.55. The van der Waals surface area contributed by atoms with Gasteiger partial charge in [0.15, 0.2) is 0 Å². The van der Waals surface area contributed by atoms with Crippen molar-refractivity contribution in [3.8, 4) is 11.4 Å². The first kappa shape index (κ1) is 9.91. The van der Waals surface area contributed by atoms with Gasteiger partial charge < -0.3 is 4.98 Å². The maximum Gasteiger partial charge on any atom is 0.138 e. The minimum absolute atomic E-state index is 0.741. The van der Waals surface area contributed by atoms with E-state index in [4.69, 9.17) is 11.6 Å². The molecule has 16 heavy (non-hydrogen) atoms. The Bertz CT molecular complexity index is 526. The number of nitrogens with one attached hydrogen (secondary N) is 1. The van der Waals surface area contributed by atoms with Gasteiger partial charge in [-0.15, -0.1) is 0 Å². The molecule has 82 valence electrons. The zero-order valence-corrected chi connectivity index (χ0v) is 9.88. The second-order valence-corrected chi connectivity index (χ2v) is 4.84. The number of hydrogen-bond donors (Lipinski definition) is 1. The summed E-state index contributed by atoms with van der Waals surface area (Å²) in [4.78, 5) is 7.50. The maximum atomic E-state index is 6.29. The molecule has 0 atom stereocenters. The number of H-pyrrole nitrogens is 1. The molecule has 0 saturated heterocycles. The molecule has 0 bridgehead atoms. The van der Waals surface area contributed by atoms with Crippen molar-refractivity contribution >= 4 is 11.6 Å². The normalized spacial score (nSPS) is 15.4. The van der Waals surface area contributed by atoms with Gasteiger partial charge in [-0.3, -0.25) is 0 Å². The number of aryl methyl sites for hydroxylation is 1. The Morgan fingerprint density at radius 2 is 2.19 bits per heavy atom. The third-order valence-electron chi connectivity index (χ3n) is 3.00. The number of benzene rings is 1. The topological polar surface area (TPSA) is 28.7 Å². The molecule has 0 radical (unpaired) electrons. The summed E-state index contributed by atoms with van der Waals surface area (Å²) >= 11 is 6.29. The van der Waals surface area contributed by atoms with E-state index in [9.17, 15) is 0 Å². The predicted molar refractivity (Wildman–Crippen MR) is 65.7 cm³/mol. The Labute approximate surface area is 99.7 Å². The monoisotopic (exact) mass is 232 g/mol. The van der Waals surface area contributed by atoms with Gasteiger partial charge >= 0.3 is 0 Å². The van der Waals surface area contributed by atoms with Crippen LogP contribution in [0.4, 0.5) is 0 Å². The van der Waals surface area contributed by atoms with Gasteiger partial charge in [-0.2, -0.15) is 0 Å². The minimum Gasteiger partial charge on any atom is -0.342 e. The van der Waals surface area contributed by atoms with Gasteiger partial charge in [-0.05, 0) is 43.4 Å². The fraction of sp³-hybridized carbons (Fsp3) is 0.308. The number of imidazole rings is 1. The lowest BCUT2D eigenvalue weighted by molar-refractivity contribution is 1.13. The quantitative estimate of drug-likeness (QED) is 0.836. The van der Waals surface area contributed by atoms with Crippen LogP contribution in [0.25, 0.3) is 11.4 Å². The summed E-state index contributed by atoms with van der Waals surface area (Å²) in [6.45, 7) is 1.99. The maximum absolute atomic E-state index is 6.29. The molecule has 1 N–H and O–H groups in total. The number of hydrogen-bond acceptors (Lipinski definition) is 1. The lowest BCUT2D eigenvalue weighted by Crippen LogP contribution is -1.85. The van der Waals surface area contributed by atoms with Gasteiger partial charge in [0.25, 0.3) is 0 Å². The van der Waals surface area contributed by atoms with Crippen LogP contribution in [-0.2, 0) is 0 Å². The molecule has 2 nitrogen and oxygen atoms in total. The zero-order valence-electron chi connectivity index (χ0n) is 9.13. The number of halogens is 1. The van der Waals surface area contributed by atoms with Crippen molar-refractivity contribution in [1.29, 1.82) is 0 Å². The molecule has 0 unspecified atom stereocenters. The van der Waals surface area contributed by atoms with Crippen LogP contribution in [0.2, 0.25) is 5.02 Å². The summed E-state index contributed by atoms with van der Waals surface area (Å²) in [5.74, 6) is 1.59. The Hall–Kier alpha value is -1.28. The van der Waals surface area contributed by atoms with Gasteiger partial charge in [-0.25, -0.2) is 4.98 Å². The predicted octanol–water partition coefficient (Wildman–Crippen LogP) is 3.92. The van der Waals surface area contributed by atoms with E-state index in [2.05, 4.69) is 28.2 Å². The van der Waals surface area contributed by atoms with E-state index in [0.717, 1.165) is 28.0 Å². The second kappa shape index (κ2) is 3.63. The molecule has 1 aromatic heterocycles. The van der Waals surface area contributed by atoms with Crippen LogP contribution in [0, 0.1) is 6.92 Å². The average Bonchev–Trinajstić information content (AvgIpc) is 3.02. The molecular formula is C13H13ClN2. The van der Waals surface area contributed by atoms with E-state index >= 15 is 0 Å². The lowest BCUT2D eigenvalue weighted by Gasteiger charge is -2.04. The molecule has 0 aliphatic heterocycles. The van der Waals surface area contributed by atoms with Gasteiger partial charge in [-0.1, -0.05) is 17.7 Å². The van der Waals surface area contributed by atoms with Crippen molar-refractivity contribution in [1.82, 2.24) is 9.97 Å². The standard InChI is InChI=1S/C13H13ClN2/c1-8-7-15-13(16-8)11-5-4-10(6-12(11)14)9-2-3-9/h4-7,9H,2-3H2,1H3,(H,15,16). The zero-order chi connectivity index (χ0) is 11.1. The van der Waals surface area contributed by atoms with Crippen molar-refractivity contribution in [2.75, 3.05) is 0 Å². The minimum atomic E-state index is 0.741. The van der Waals surface area contributed by atoms with E-state index < -0.39 is 0 Å². The van der Waals surface area contributed by atoms with Crippen LogP contribution in [0.15, 0.2) is 24.4 Å². The molecule has 1 heterocycles. The molecule has 1 aliphatic rings. The van der Waals surface area contributed by atoms with E-state index in [-0.39, 0.29) is 0 Å². The van der Waals surface area contributed by atoms with Gasteiger partial charge in [0.2, 0.25) is 0 Å². The lowest BCUT2D eigenvalue weighted by atomic mass is 10.1. The fourth-order valence-electron chi connectivity index (χ4n) is 1.94. The molecular weight excluding hydrogens is 220 g/mol. The summed E-state index contributed by atoms with van der Waals surface area (Å²) < 4.78 is 0. The number of aromatic amines is 1. The third-order valence-corrected chi connectivity index (χ3v) is 3.31. The number of aromatic nitrogens is 2. The molecule has 3 heteroatoms. The second-order valence-electron chi connectivity index (χ2n) is 4.43. The van der Waals surface area contributed by atoms with Crippen molar-refractivity contribution in [3.63, 3.8) is 0 Å². The molecule has 0 amide bonds. The highest BCUT2D eigenvalue weighted by Gasteiger charge is 2.24. The van der Waals surface area contributed by atoms with Gasteiger partial charge in [0.05, 0.1) is 5.02 Å². The SMILES string of the molecule is Cc1cnc(-c2ccc(C3CC3)cc2Cl)[nH]1. The first-order valence-corrected chi connectivity index (χ1v) is 5.93. The van der Waals surface area contributed by atoms with Crippen LogP contribution < -0.4 is 0 Å². The largest absolute Gasteiger partial charge is 0.342 e. The highest BCUT2D eigenvalue weighted by molar-refractivity contribution is 6.33. The smallest absolute Gasteiger partial charge is 0.138 e. The average molecular weight is 233 g/mol. The molecule has 3 rings (SSSR count). The first-order chi connectivity index (χ1) is 7.74.